The summed E-state index contributed by atoms with van der Waals surface area (Å²) in [6.07, 6.45) is 1.67. The van der Waals surface area contributed by atoms with Crippen LogP contribution in [0.5, 0.6) is 0 Å². The average Bonchev–Trinajstić information content (AvgIpc) is 3.28. The molecule has 0 atom stereocenters. The molecule has 3 heterocycles. The first-order valence-corrected chi connectivity index (χ1v) is 10.5. The Morgan fingerprint density at radius 1 is 1.13 bits per heavy atom. The number of anilines is 1. The van der Waals surface area contributed by atoms with Gasteiger partial charge in [0.15, 0.2) is 10.8 Å². The van der Waals surface area contributed by atoms with Crippen LogP contribution in [0.15, 0.2) is 54.7 Å². The van der Waals surface area contributed by atoms with Gasteiger partial charge in [-0.3, -0.25) is 4.79 Å². The minimum atomic E-state index is -0.289. The lowest BCUT2D eigenvalue weighted by Crippen LogP contribution is -2.19. The minimum absolute atomic E-state index is 0.0131. The van der Waals surface area contributed by atoms with Gasteiger partial charge in [0.1, 0.15) is 12.4 Å². The van der Waals surface area contributed by atoms with Gasteiger partial charge in [-0.15, -0.1) is 0 Å². The molecule has 6 nitrogen and oxygen atoms in total. The number of carbonyl (C=O) groups is 1. The van der Waals surface area contributed by atoms with Gasteiger partial charge in [0.05, 0.1) is 15.9 Å². The summed E-state index contributed by atoms with van der Waals surface area (Å²) in [6.45, 7) is 3.91. The third-order valence-electron chi connectivity index (χ3n) is 5.05. The predicted octanol–water partition coefficient (Wildman–Crippen LogP) is 5.10. The molecule has 1 amide bonds. The number of carbonyl (C=O) groups excluding carboxylic acids is 1. The number of fused-ring (bicyclic) bond motifs is 2. The molecular weight excluding hydrogens is 413 g/mol. The van der Waals surface area contributed by atoms with Crippen LogP contribution in [0.3, 0.4) is 0 Å². The van der Waals surface area contributed by atoms with Crippen molar-refractivity contribution in [2.24, 2.45) is 0 Å². The molecule has 5 rings (SSSR count). The topological polar surface area (TPSA) is 72.7 Å². The van der Waals surface area contributed by atoms with Gasteiger partial charge >= 0.3 is 0 Å². The molecule has 0 aliphatic heterocycles. The molecule has 3 aromatic heterocycles. The van der Waals surface area contributed by atoms with Crippen LogP contribution in [0.2, 0.25) is 0 Å². The van der Waals surface area contributed by atoms with Crippen LogP contribution < -0.4 is 5.32 Å². The second kappa shape index (κ2) is 7.55. The molecule has 0 bridgehead atoms. The number of aryl methyl sites for hydroxylation is 2. The third-order valence-corrected chi connectivity index (χ3v) is 5.98. The van der Waals surface area contributed by atoms with E-state index in [9.17, 15) is 9.18 Å². The van der Waals surface area contributed by atoms with E-state index in [0.29, 0.717) is 10.8 Å². The summed E-state index contributed by atoms with van der Waals surface area (Å²) < 4.78 is 15.9. The molecule has 0 radical (unpaired) electrons. The van der Waals surface area contributed by atoms with Crippen molar-refractivity contribution in [3.63, 3.8) is 0 Å². The van der Waals surface area contributed by atoms with Crippen molar-refractivity contribution >= 4 is 43.6 Å². The van der Waals surface area contributed by atoms with Crippen molar-refractivity contribution in [3.05, 3.63) is 71.8 Å². The number of thiazole rings is 1. The van der Waals surface area contributed by atoms with Crippen LogP contribution in [0.4, 0.5) is 9.52 Å². The lowest BCUT2D eigenvalue weighted by atomic mass is 10.0. The van der Waals surface area contributed by atoms with E-state index in [1.165, 1.54) is 23.5 Å². The fourth-order valence-corrected chi connectivity index (χ4v) is 4.62. The van der Waals surface area contributed by atoms with Crippen molar-refractivity contribution in [1.29, 1.82) is 0 Å². The molecule has 0 aliphatic carbocycles. The number of pyridine rings is 1. The number of benzene rings is 2. The Morgan fingerprint density at radius 3 is 2.74 bits per heavy atom. The second-order valence-electron chi connectivity index (χ2n) is 7.35. The molecule has 0 aliphatic rings. The van der Waals surface area contributed by atoms with E-state index in [0.717, 1.165) is 38.0 Å². The Kier molecular flexibility index (Phi) is 4.71. The molecule has 8 heteroatoms. The van der Waals surface area contributed by atoms with Crippen molar-refractivity contribution in [2.45, 2.75) is 20.4 Å². The molecule has 5 aromatic rings. The van der Waals surface area contributed by atoms with E-state index in [4.69, 9.17) is 0 Å². The summed E-state index contributed by atoms with van der Waals surface area (Å²) in [6, 6.07) is 14.2. The summed E-state index contributed by atoms with van der Waals surface area (Å²) in [7, 11) is 0. The molecular formula is C23H18FN5OS. The second-order valence-corrected chi connectivity index (χ2v) is 8.38. The van der Waals surface area contributed by atoms with Crippen LogP contribution in [0, 0.1) is 19.7 Å². The van der Waals surface area contributed by atoms with E-state index in [-0.39, 0.29) is 18.3 Å². The minimum Gasteiger partial charge on any atom is -0.300 e. The molecule has 0 spiro atoms. The Morgan fingerprint density at radius 2 is 1.94 bits per heavy atom. The first-order valence-electron chi connectivity index (χ1n) is 9.73. The zero-order chi connectivity index (χ0) is 21.5. The van der Waals surface area contributed by atoms with Gasteiger partial charge < -0.3 is 5.32 Å². The van der Waals surface area contributed by atoms with Crippen LogP contribution >= 0.6 is 11.3 Å². The van der Waals surface area contributed by atoms with Gasteiger partial charge in [-0.1, -0.05) is 29.5 Å². The zero-order valence-electron chi connectivity index (χ0n) is 16.9. The SMILES string of the molecule is Cc1ccc2nc(NC(=O)Cn3nc(C)c4c(-c5ccc(F)cc5)ccnc43)sc2c1. The highest BCUT2D eigenvalue weighted by Crippen LogP contribution is 2.30. The number of nitrogens with zero attached hydrogens (tertiary/aromatic N) is 4. The smallest absolute Gasteiger partial charge is 0.247 e. The van der Waals surface area contributed by atoms with E-state index in [1.807, 2.05) is 38.1 Å². The van der Waals surface area contributed by atoms with E-state index < -0.39 is 0 Å². The predicted molar refractivity (Wildman–Crippen MR) is 121 cm³/mol. The molecule has 0 unspecified atom stereocenters. The Hall–Kier alpha value is -3.65. The van der Waals surface area contributed by atoms with Gasteiger partial charge in [0.25, 0.3) is 0 Å². The number of hydrogen-bond donors (Lipinski definition) is 1. The van der Waals surface area contributed by atoms with Crippen LogP contribution in [0.25, 0.3) is 32.4 Å². The fourth-order valence-electron chi connectivity index (χ4n) is 3.64. The quantitative estimate of drug-likeness (QED) is 0.430. The summed E-state index contributed by atoms with van der Waals surface area (Å²) in [4.78, 5) is 21.6. The molecule has 1 N–H and O–H groups in total. The van der Waals surface area contributed by atoms with Gasteiger partial charge in [0.2, 0.25) is 5.91 Å². The van der Waals surface area contributed by atoms with E-state index in [2.05, 4.69) is 20.4 Å². The number of nitrogens with one attached hydrogen (secondary N) is 1. The Bertz CT molecular complexity index is 1440. The third kappa shape index (κ3) is 3.66. The van der Waals surface area contributed by atoms with Crippen LogP contribution in [-0.4, -0.2) is 25.7 Å². The van der Waals surface area contributed by atoms with Crippen molar-refractivity contribution in [3.8, 4) is 11.1 Å². The van der Waals surface area contributed by atoms with Crippen LogP contribution in [-0.2, 0) is 11.3 Å². The fraction of sp³-hybridized carbons (Fsp3) is 0.130. The molecule has 2 aromatic carbocycles. The summed E-state index contributed by atoms with van der Waals surface area (Å²) in [5.41, 5.74) is 5.13. The number of aromatic nitrogens is 4. The number of amides is 1. The highest BCUT2D eigenvalue weighted by Gasteiger charge is 2.17. The summed E-state index contributed by atoms with van der Waals surface area (Å²) in [5, 5.41) is 8.79. The molecule has 0 saturated carbocycles. The van der Waals surface area contributed by atoms with Gasteiger partial charge in [-0.25, -0.2) is 19.0 Å². The highest BCUT2D eigenvalue weighted by atomic mass is 32.1. The Labute approximate surface area is 181 Å². The maximum absolute atomic E-state index is 13.3. The van der Waals surface area contributed by atoms with E-state index in [1.54, 1.807) is 23.0 Å². The maximum Gasteiger partial charge on any atom is 0.247 e. The van der Waals surface area contributed by atoms with Crippen LogP contribution in [0.1, 0.15) is 11.3 Å². The normalized spacial score (nSPS) is 11.3. The lowest BCUT2D eigenvalue weighted by Gasteiger charge is -2.05. The average molecular weight is 431 g/mol. The molecule has 31 heavy (non-hydrogen) atoms. The maximum atomic E-state index is 13.3. The number of hydrogen-bond acceptors (Lipinski definition) is 5. The van der Waals surface area contributed by atoms with Gasteiger partial charge in [0, 0.05) is 11.6 Å². The largest absolute Gasteiger partial charge is 0.300 e. The molecule has 154 valence electrons. The number of rotatable bonds is 4. The standard InChI is InChI=1S/C23H18FN5OS/c1-13-3-8-18-19(11-13)31-23(26-18)27-20(30)12-29-22-21(14(2)28-29)17(9-10-25-22)15-4-6-16(24)7-5-15/h3-11H,12H2,1-2H3,(H,26,27,30). The summed E-state index contributed by atoms with van der Waals surface area (Å²) >= 11 is 1.44. The van der Waals surface area contributed by atoms with Crippen molar-refractivity contribution in [2.75, 3.05) is 5.32 Å². The van der Waals surface area contributed by atoms with Gasteiger partial charge in [-0.2, -0.15) is 5.10 Å². The first-order chi connectivity index (χ1) is 15.0. The van der Waals surface area contributed by atoms with Gasteiger partial charge in [-0.05, 0) is 60.9 Å². The zero-order valence-corrected chi connectivity index (χ0v) is 17.7. The van der Waals surface area contributed by atoms with E-state index >= 15 is 0 Å². The lowest BCUT2D eigenvalue weighted by molar-refractivity contribution is -0.116. The summed E-state index contributed by atoms with van der Waals surface area (Å²) in [5.74, 6) is -0.516. The number of halogens is 1. The first kappa shape index (κ1) is 19.3. The Balaban J connectivity index is 1.44. The monoisotopic (exact) mass is 431 g/mol. The molecule has 0 fully saturated rings. The van der Waals surface area contributed by atoms with Crippen molar-refractivity contribution in [1.82, 2.24) is 19.7 Å². The highest BCUT2D eigenvalue weighted by molar-refractivity contribution is 7.22. The van der Waals surface area contributed by atoms with Crippen molar-refractivity contribution < 1.29 is 9.18 Å². The molecule has 0 saturated heterocycles.